The molecule has 0 amide bonds. The largest absolute Gasteiger partial charge is 0.449 e. The Balaban J connectivity index is 2.03. The van der Waals surface area contributed by atoms with Crippen LogP contribution in [0.1, 0.15) is 6.92 Å². The predicted molar refractivity (Wildman–Crippen MR) is 108 cm³/mol. The molecule has 13 heteroatoms. The molecule has 0 N–H and O–H groups in total. The van der Waals surface area contributed by atoms with Crippen LogP contribution in [0.25, 0.3) is 0 Å². The van der Waals surface area contributed by atoms with Gasteiger partial charge in [-0.05, 0) is 6.54 Å². The fraction of sp³-hybridized carbons (Fsp3) is 0.562. The molecule has 0 spiro atoms. The summed E-state index contributed by atoms with van der Waals surface area (Å²) in [5, 5.41) is 0.176. The van der Waals surface area contributed by atoms with Crippen LogP contribution in [-0.2, 0) is 0 Å². The van der Waals surface area contributed by atoms with Crippen LogP contribution in [0.2, 0.25) is 10.0 Å². The number of fused-ring (bicyclic) bond motifs is 1. The molecular formula is C16H15Cl5F3N3O2. The molecule has 1 aromatic carbocycles. The molecule has 29 heavy (non-hydrogen) atoms. The van der Waals surface area contributed by atoms with Gasteiger partial charge in [0.05, 0.1) is 10.0 Å². The summed E-state index contributed by atoms with van der Waals surface area (Å²) in [7, 11) is 0. The van der Waals surface area contributed by atoms with E-state index < -0.39 is 21.7 Å². The Bertz CT molecular complexity index is 777. The number of hydrogen-bond donors (Lipinski definition) is 0. The van der Waals surface area contributed by atoms with Gasteiger partial charge in [0, 0.05) is 38.3 Å². The third-order valence-corrected chi connectivity index (χ3v) is 5.91. The van der Waals surface area contributed by atoms with E-state index in [0.717, 1.165) is 11.4 Å². The Hall–Kier alpha value is -0.510. The van der Waals surface area contributed by atoms with Gasteiger partial charge in [0.25, 0.3) is 3.79 Å². The highest BCUT2D eigenvalue weighted by Crippen LogP contribution is 2.52. The minimum absolute atomic E-state index is 0.0493. The summed E-state index contributed by atoms with van der Waals surface area (Å²) in [5.41, 5.74) is 0. The highest BCUT2D eigenvalue weighted by Gasteiger charge is 2.61. The first-order valence-corrected chi connectivity index (χ1v) is 10.3. The smallest absolute Gasteiger partial charge is 0.427 e. The van der Waals surface area contributed by atoms with Crippen molar-refractivity contribution in [3.8, 4) is 11.5 Å². The van der Waals surface area contributed by atoms with Gasteiger partial charge < -0.3 is 19.3 Å². The molecule has 1 saturated heterocycles. The normalized spacial score (nSPS) is 20.3. The third-order valence-electron chi connectivity index (χ3n) is 4.47. The fourth-order valence-corrected chi connectivity index (χ4v) is 3.61. The minimum atomic E-state index is -4.84. The maximum absolute atomic E-state index is 13.9. The number of piperazine rings is 1. The highest BCUT2D eigenvalue weighted by molar-refractivity contribution is 6.68. The van der Waals surface area contributed by atoms with Gasteiger partial charge in [0.1, 0.15) is 0 Å². The lowest BCUT2D eigenvalue weighted by Gasteiger charge is -2.38. The van der Waals surface area contributed by atoms with Crippen LogP contribution >= 0.6 is 58.0 Å². The van der Waals surface area contributed by atoms with E-state index in [4.69, 9.17) is 67.5 Å². The number of halogens is 8. The van der Waals surface area contributed by atoms with E-state index >= 15 is 0 Å². The molecule has 2 aliphatic heterocycles. The number of rotatable bonds is 2. The molecule has 162 valence electrons. The van der Waals surface area contributed by atoms with Crippen molar-refractivity contribution in [1.82, 2.24) is 9.80 Å². The van der Waals surface area contributed by atoms with E-state index in [2.05, 4.69) is 4.99 Å². The lowest BCUT2D eigenvalue weighted by atomic mass is 10.3. The summed E-state index contributed by atoms with van der Waals surface area (Å²) in [4.78, 5) is 6.75. The lowest BCUT2D eigenvalue weighted by Crippen LogP contribution is -2.56. The molecule has 0 aliphatic carbocycles. The highest BCUT2D eigenvalue weighted by atomic mass is 35.6. The molecule has 3 rings (SSSR count). The SMILES string of the molecule is CCN1CCN(C(=NC2(C(Cl)(Cl)Cl)Oc3cc(Cl)c(Cl)cc3O2)C(F)(F)F)CC1. The fourth-order valence-electron chi connectivity index (χ4n) is 2.94. The number of likely N-dealkylation sites (N-methyl/N-ethyl adjacent to an activating group) is 1. The van der Waals surface area contributed by atoms with Crippen LogP contribution < -0.4 is 9.47 Å². The molecule has 0 unspecified atom stereocenters. The van der Waals surface area contributed by atoms with Crippen molar-refractivity contribution >= 4 is 63.8 Å². The van der Waals surface area contributed by atoms with Gasteiger partial charge in [-0.3, -0.25) is 0 Å². The van der Waals surface area contributed by atoms with Crippen LogP contribution in [0.5, 0.6) is 11.5 Å². The Labute approximate surface area is 190 Å². The number of amidine groups is 1. The molecule has 0 bridgehead atoms. The molecule has 0 atom stereocenters. The zero-order valence-corrected chi connectivity index (χ0v) is 18.7. The number of ether oxygens (including phenoxy) is 2. The van der Waals surface area contributed by atoms with Crippen LogP contribution in [0.15, 0.2) is 17.1 Å². The Morgan fingerprint density at radius 3 is 1.90 bits per heavy atom. The average Bonchev–Trinajstić information content (AvgIpc) is 2.98. The standard InChI is InChI=1S/C16H15Cl5F3N3O2/c1-2-26-3-5-27(6-4-26)13(14(22,23)24)25-16(15(19,20)21)28-11-7-9(17)10(18)8-12(11)29-16/h7-8H,2-6H2,1H3. The van der Waals surface area contributed by atoms with Crippen molar-refractivity contribution in [3.05, 3.63) is 22.2 Å². The summed E-state index contributed by atoms with van der Waals surface area (Å²) >= 11 is 29.7. The number of aliphatic imine (C=N–C) groups is 1. The molecule has 2 heterocycles. The number of nitrogens with zero attached hydrogens (tertiary/aromatic N) is 3. The van der Waals surface area contributed by atoms with E-state index in [1.54, 1.807) is 0 Å². The summed E-state index contributed by atoms with van der Waals surface area (Å²) in [6, 6.07) is 2.50. The maximum Gasteiger partial charge on any atom is 0.449 e. The number of hydrogen-bond acceptors (Lipinski definition) is 4. The summed E-state index contributed by atoms with van der Waals surface area (Å²) in [6.45, 7) is 3.70. The second kappa shape index (κ2) is 8.20. The van der Waals surface area contributed by atoms with E-state index in [1.807, 2.05) is 11.8 Å². The van der Waals surface area contributed by atoms with Gasteiger partial charge in [0.2, 0.25) is 5.84 Å². The summed E-state index contributed by atoms with van der Waals surface area (Å²) < 4.78 is 50.1. The lowest BCUT2D eigenvalue weighted by molar-refractivity contribution is -0.0906. The Morgan fingerprint density at radius 2 is 1.52 bits per heavy atom. The van der Waals surface area contributed by atoms with Crippen LogP contribution in [0.4, 0.5) is 13.2 Å². The monoisotopic (exact) mass is 513 g/mol. The zero-order valence-electron chi connectivity index (χ0n) is 14.9. The maximum atomic E-state index is 13.9. The molecule has 1 fully saturated rings. The number of alkyl halides is 6. The Morgan fingerprint density at radius 1 is 1.03 bits per heavy atom. The minimum Gasteiger partial charge on any atom is -0.427 e. The van der Waals surface area contributed by atoms with Crippen LogP contribution in [0, 0.1) is 0 Å². The van der Waals surface area contributed by atoms with Crippen LogP contribution in [0.3, 0.4) is 0 Å². The van der Waals surface area contributed by atoms with E-state index in [1.165, 1.54) is 12.1 Å². The first kappa shape index (κ1) is 23.2. The van der Waals surface area contributed by atoms with Crippen molar-refractivity contribution in [2.24, 2.45) is 4.99 Å². The topological polar surface area (TPSA) is 37.3 Å². The molecule has 1 aromatic rings. The second-order valence-corrected chi connectivity index (χ2v) is 9.45. The third kappa shape index (κ3) is 4.72. The summed E-state index contributed by atoms with van der Waals surface area (Å²) in [5.74, 6) is -3.97. The second-order valence-electron chi connectivity index (χ2n) is 6.35. The van der Waals surface area contributed by atoms with Gasteiger partial charge in [0.15, 0.2) is 11.5 Å². The van der Waals surface area contributed by atoms with Crippen molar-refractivity contribution in [2.45, 2.75) is 22.8 Å². The van der Waals surface area contributed by atoms with Gasteiger partial charge in [-0.2, -0.15) is 18.2 Å². The van der Waals surface area contributed by atoms with Crippen molar-refractivity contribution < 1.29 is 22.6 Å². The first-order valence-electron chi connectivity index (χ1n) is 8.44. The first-order chi connectivity index (χ1) is 13.4. The average molecular weight is 516 g/mol. The van der Waals surface area contributed by atoms with Crippen molar-refractivity contribution in [1.29, 1.82) is 0 Å². The quantitative estimate of drug-likeness (QED) is 0.301. The van der Waals surface area contributed by atoms with E-state index in [0.29, 0.717) is 13.1 Å². The van der Waals surface area contributed by atoms with Gasteiger partial charge in [-0.15, -0.1) is 0 Å². The van der Waals surface area contributed by atoms with E-state index in [9.17, 15) is 13.2 Å². The van der Waals surface area contributed by atoms with Gasteiger partial charge >= 0.3 is 12.1 Å². The van der Waals surface area contributed by atoms with Crippen molar-refractivity contribution in [3.63, 3.8) is 0 Å². The zero-order chi connectivity index (χ0) is 21.6. The van der Waals surface area contributed by atoms with Crippen molar-refractivity contribution in [2.75, 3.05) is 32.7 Å². The molecule has 2 aliphatic rings. The van der Waals surface area contributed by atoms with Crippen LogP contribution in [-0.4, -0.2) is 64.2 Å². The van der Waals surface area contributed by atoms with Gasteiger partial charge in [-0.25, -0.2) is 0 Å². The molecule has 0 aromatic heterocycles. The molecular weight excluding hydrogens is 500 g/mol. The van der Waals surface area contributed by atoms with E-state index in [-0.39, 0.29) is 34.6 Å². The summed E-state index contributed by atoms with van der Waals surface area (Å²) in [6.07, 6.45) is -4.84. The Kier molecular flexibility index (Phi) is 6.55. The van der Waals surface area contributed by atoms with Gasteiger partial charge in [-0.1, -0.05) is 64.9 Å². The predicted octanol–water partition coefficient (Wildman–Crippen LogP) is 5.39. The number of benzene rings is 1. The molecule has 5 nitrogen and oxygen atoms in total. The molecule has 0 saturated carbocycles. The molecule has 0 radical (unpaired) electrons.